The molecular formula is C16H29NOS. The van der Waals surface area contributed by atoms with Crippen LogP contribution in [0, 0.1) is 11.8 Å². The summed E-state index contributed by atoms with van der Waals surface area (Å²) in [6, 6.07) is 4.41. The first-order valence-electron chi connectivity index (χ1n) is 7.37. The molecule has 2 nitrogen and oxygen atoms in total. The quantitative estimate of drug-likeness (QED) is 0.723. The Morgan fingerprint density at radius 3 is 2.37 bits per heavy atom. The standard InChI is InChI=1S/C16H29NOS/c1-12(2)8-14(5)18-11-16-7-6-15(19-16)10-17-9-13(3)4/h6-7,12-14,17H,8-11H2,1-5H3. The second-order valence-corrected chi connectivity index (χ2v) is 7.40. The van der Waals surface area contributed by atoms with Gasteiger partial charge in [0.25, 0.3) is 0 Å². The lowest BCUT2D eigenvalue weighted by Gasteiger charge is -2.14. The summed E-state index contributed by atoms with van der Waals surface area (Å²) in [7, 11) is 0. The second-order valence-electron chi connectivity index (χ2n) is 6.14. The SMILES string of the molecule is CC(C)CNCc1ccc(COC(C)CC(C)C)s1. The van der Waals surface area contributed by atoms with Crippen molar-refractivity contribution in [2.75, 3.05) is 6.54 Å². The molecule has 0 saturated heterocycles. The molecular weight excluding hydrogens is 254 g/mol. The zero-order valence-electron chi connectivity index (χ0n) is 13.0. The average Bonchev–Trinajstić information content (AvgIpc) is 2.73. The van der Waals surface area contributed by atoms with Gasteiger partial charge in [-0.25, -0.2) is 0 Å². The highest BCUT2D eigenvalue weighted by molar-refractivity contribution is 7.11. The molecule has 1 atom stereocenters. The van der Waals surface area contributed by atoms with Crippen LogP contribution in [0.1, 0.15) is 50.8 Å². The maximum absolute atomic E-state index is 5.88. The maximum Gasteiger partial charge on any atom is 0.0813 e. The van der Waals surface area contributed by atoms with E-state index in [-0.39, 0.29) is 0 Å². The van der Waals surface area contributed by atoms with E-state index in [9.17, 15) is 0 Å². The molecule has 1 aromatic rings. The summed E-state index contributed by atoms with van der Waals surface area (Å²) in [6.07, 6.45) is 1.48. The van der Waals surface area contributed by atoms with Crippen LogP contribution in [0.3, 0.4) is 0 Å². The number of thiophene rings is 1. The molecule has 0 aliphatic carbocycles. The Morgan fingerprint density at radius 2 is 1.74 bits per heavy atom. The normalized spacial score (nSPS) is 13.4. The minimum Gasteiger partial charge on any atom is -0.373 e. The molecule has 1 heterocycles. The van der Waals surface area contributed by atoms with Crippen molar-refractivity contribution in [2.24, 2.45) is 11.8 Å². The molecule has 0 bridgehead atoms. The van der Waals surface area contributed by atoms with Crippen LogP contribution in [0.4, 0.5) is 0 Å². The van der Waals surface area contributed by atoms with Gasteiger partial charge in [-0.15, -0.1) is 11.3 Å². The lowest BCUT2D eigenvalue weighted by atomic mass is 10.1. The third-order valence-electron chi connectivity index (χ3n) is 2.88. The largest absolute Gasteiger partial charge is 0.373 e. The molecule has 0 amide bonds. The molecule has 0 aliphatic heterocycles. The monoisotopic (exact) mass is 283 g/mol. The first kappa shape index (κ1) is 16.7. The predicted octanol–water partition coefficient (Wildman–Crippen LogP) is 4.44. The lowest BCUT2D eigenvalue weighted by molar-refractivity contribution is 0.0412. The topological polar surface area (TPSA) is 21.3 Å². The summed E-state index contributed by atoms with van der Waals surface area (Å²) in [5.74, 6) is 1.41. The minimum absolute atomic E-state index is 0.351. The lowest BCUT2D eigenvalue weighted by Crippen LogP contribution is -2.18. The second kappa shape index (κ2) is 8.72. The van der Waals surface area contributed by atoms with Crippen molar-refractivity contribution in [3.63, 3.8) is 0 Å². The Hall–Kier alpha value is -0.380. The van der Waals surface area contributed by atoms with Gasteiger partial charge in [0.2, 0.25) is 0 Å². The highest BCUT2D eigenvalue weighted by Crippen LogP contribution is 2.19. The van der Waals surface area contributed by atoms with E-state index in [0.717, 1.165) is 26.1 Å². The fourth-order valence-electron chi connectivity index (χ4n) is 2.04. The number of hydrogen-bond donors (Lipinski definition) is 1. The summed E-state index contributed by atoms with van der Waals surface area (Å²) in [5.41, 5.74) is 0. The van der Waals surface area contributed by atoms with Crippen LogP contribution in [0.25, 0.3) is 0 Å². The van der Waals surface area contributed by atoms with Gasteiger partial charge >= 0.3 is 0 Å². The van der Waals surface area contributed by atoms with E-state index < -0.39 is 0 Å². The third kappa shape index (κ3) is 7.71. The van der Waals surface area contributed by atoms with Gasteiger partial charge in [0.05, 0.1) is 12.7 Å². The van der Waals surface area contributed by atoms with Crippen LogP contribution in [-0.2, 0) is 17.9 Å². The minimum atomic E-state index is 0.351. The first-order chi connectivity index (χ1) is 8.97. The summed E-state index contributed by atoms with van der Waals surface area (Å²) < 4.78 is 5.88. The number of ether oxygens (including phenoxy) is 1. The van der Waals surface area contributed by atoms with Crippen LogP contribution in [0.15, 0.2) is 12.1 Å². The van der Waals surface area contributed by atoms with Gasteiger partial charge in [0, 0.05) is 16.3 Å². The Labute approximate surface area is 122 Å². The zero-order valence-corrected chi connectivity index (χ0v) is 13.8. The fraction of sp³-hybridized carbons (Fsp3) is 0.750. The third-order valence-corrected chi connectivity index (χ3v) is 3.94. The van der Waals surface area contributed by atoms with Crippen molar-refractivity contribution in [2.45, 2.75) is 60.3 Å². The van der Waals surface area contributed by atoms with Crippen molar-refractivity contribution in [1.82, 2.24) is 5.32 Å². The van der Waals surface area contributed by atoms with Gasteiger partial charge in [0.1, 0.15) is 0 Å². The molecule has 0 fully saturated rings. The highest BCUT2D eigenvalue weighted by atomic mass is 32.1. The van der Waals surface area contributed by atoms with Crippen molar-refractivity contribution >= 4 is 11.3 Å². The molecule has 1 rings (SSSR count). The van der Waals surface area contributed by atoms with Gasteiger partial charge in [-0.1, -0.05) is 27.7 Å². The van der Waals surface area contributed by atoms with E-state index in [0.29, 0.717) is 17.9 Å². The molecule has 0 radical (unpaired) electrons. The molecule has 0 spiro atoms. The maximum atomic E-state index is 5.88. The summed E-state index contributed by atoms with van der Waals surface area (Å²) >= 11 is 1.86. The predicted molar refractivity (Wildman–Crippen MR) is 84.6 cm³/mol. The van der Waals surface area contributed by atoms with Crippen molar-refractivity contribution < 1.29 is 4.74 Å². The summed E-state index contributed by atoms with van der Waals surface area (Å²) in [6.45, 7) is 13.9. The smallest absolute Gasteiger partial charge is 0.0813 e. The van der Waals surface area contributed by atoms with E-state index in [1.165, 1.54) is 9.75 Å². The summed E-state index contributed by atoms with van der Waals surface area (Å²) in [5, 5.41) is 3.48. The molecule has 1 unspecified atom stereocenters. The Kier molecular flexibility index (Phi) is 7.66. The van der Waals surface area contributed by atoms with E-state index >= 15 is 0 Å². The number of rotatable bonds is 9. The van der Waals surface area contributed by atoms with Gasteiger partial charge in [-0.05, 0) is 43.9 Å². The Balaban J connectivity index is 2.26. The van der Waals surface area contributed by atoms with Crippen molar-refractivity contribution in [1.29, 1.82) is 0 Å². The number of hydrogen-bond acceptors (Lipinski definition) is 3. The van der Waals surface area contributed by atoms with Crippen LogP contribution in [0.5, 0.6) is 0 Å². The molecule has 19 heavy (non-hydrogen) atoms. The van der Waals surface area contributed by atoms with Gasteiger partial charge in [-0.2, -0.15) is 0 Å². The van der Waals surface area contributed by atoms with Gasteiger partial charge in [-0.3, -0.25) is 0 Å². The Bertz CT molecular complexity index is 346. The van der Waals surface area contributed by atoms with Crippen LogP contribution >= 0.6 is 11.3 Å². The average molecular weight is 283 g/mol. The van der Waals surface area contributed by atoms with Crippen molar-refractivity contribution in [3.05, 3.63) is 21.9 Å². The molecule has 3 heteroatoms. The molecule has 0 aliphatic rings. The van der Waals surface area contributed by atoms with E-state index in [1.54, 1.807) is 0 Å². The fourth-order valence-corrected chi connectivity index (χ4v) is 2.95. The van der Waals surface area contributed by atoms with E-state index in [2.05, 4.69) is 52.1 Å². The van der Waals surface area contributed by atoms with E-state index in [4.69, 9.17) is 4.74 Å². The molecule has 0 saturated carbocycles. The van der Waals surface area contributed by atoms with Crippen LogP contribution in [0.2, 0.25) is 0 Å². The molecule has 0 aromatic carbocycles. The van der Waals surface area contributed by atoms with E-state index in [1.807, 2.05) is 11.3 Å². The van der Waals surface area contributed by atoms with Gasteiger partial charge in [0.15, 0.2) is 0 Å². The molecule has 110 valence electrons. The zero-order chi connectivity index (χ0) is 14.3. The molecule has 1 N–H and O–H groups in total. The van der Waals surface area contributed by atoms with Gasteiger partial charge < -0.3 is 10.1 Å². The Morgan fingerprint density at radius 1 is 1.05 bits per heavy atom. The van der Waals surface area contributed by atoms with Crippen molar-refractivity contribution in [3.8, 4) is 0 Å². The molecule has 1 aromatic heterocycles. The number of nitrogens with one attached hydrogen (secondary N) is 1. The summed E-state index contributed by atoms with van der Waals surface area (Å²) in [4.78, 5) is 2.73. The first-order valence-corrected chi connectivity index (χ1v) is 8.19. The highest BCUT2D eigenvalue weighted by Gasteiger charge is 2.07. The van der Waals surface area contributed by atoms with Crippen LogP contribution in [-0.4, -0.2) is 12.6 Å². The van der Waals surface area contributed by atoms with Crippen LogP contribution < -0.4 is 5.32 Å².